The zero-order chi connectivity index (χ0) is 15.0. The lowest BCUT2D eigenvalue weighted by atomic mass is 10.1. The Labute approximate surface area is 130 Å². The lowest BCUT2D eigenvalue weighted by molar-refractivity contribution is 0.100. The molecule has 0 aliphatic heterocycles. The molecule has 0 unspecified atom stereocenters. The third-order valence-electron chi connectivity index (χ3n) is 3.51. The molecule has 3 rings (SSSR count). The summed E-state index contributed by atoms with van der Waals surface area (Å²) in [6.07, 6.45) is 2.03. The van der Waals surface area contributed by atoms with Gasteiger partial charge in [-0.25, -0.2) is 0 Å². The van der Waals surface area contributed by atoms with E-state index < -0.39 is 5.91 Å². The van der Waals surface area contributed by atoms with Gasteiger partial charge in [0.15, 0.2) is 0 Å². The summed E-state index contributed by atoms with van der Waals surface area (Å²) < 4.78 is 3.17. The molecule has 5 heteroatoms. The zero-order valence-corrected chi connectivity index (χ0v) is 12.8. The summed E-state index contributed by atoms with van der Waals surface area (Å²) in [7, 11) is 0. The largest absolute Gasteiger partial charge is 0.398 e. The number of aromatic nitrogens is 1. The average Bonchev–Trinajstić information content (AvgIpc) is 2.78. The minimum Gasteiger partial charge on any atom is -0.398 e. The third kappa shape index (κ3) is 2.52. The van der Waals surface area contributed by atoms with E-state index in [0.29, 0.717) is 17.8 Å². The lowest BCUT2D eigenvalue weighted by Crippen LogP contribution is -2.12. The summed E-state index contributed by atoms with van der Waals surface area (Å²) >= 11 is 3.57. The van der Waals surface area contributed by atoms with Gasteiger partial charge >= 0.3 is 0 Å². The van der Waals surface area contributed by atoms with Crippen molar-refractivity contribution in [3.8, 4) is 0 Å². The van der Waals surface area contributed by atoms with Crippen molar-refractivity contribution in [2.24, 2.45) is 5.73 Å². The second-order valence-corrected chi connectivity index (χ2v) is 5.75. The number of fused-ring (bicyclic) bond motifs is 1. The Kier molecular flexibility index (Phi) is 3.43. The fourth-order valence-corrected chi connectivity index (χ4v) is 2.99. The van der Waals surface area contributed by atoms with Crippen molar-refractivity contribution in [2.45, 2.75) is 6.54 Å². The van der Waals surface area contributed by atoms with Crippen LogP contribution in [0.3, 0.4) is 0 Å². The van der Waals surface area contributed by atoms with Gasteiger partial charge in [-0.1, -0.05) is 24.3 Å². The Morgan fingerprint density at radius 1 is 1.19 bits per heavy atom. The molecule has 106 valence electrons. The Bertz CT molecular complexity index is 839. The van der Waals surface area contributed by atoms with Crippen molar-refractivity contribution < 1.29 is 4.79 Å². The smallest absolute Gasteiger partial charge is 0.248 e. The van der Waals surface area contributed by atoms with Crippen molar-refractivity contribution in [1.82, 2.24) is 4.57 Å². The highest BCUT2D eigenvalue weighted by molar-refractivity contribution is 9.10. The van der Waals surface area contributed by atoms with Crippen LogP contribution in [0.4, 0.5) is 5.69 Å². The number of halogens is 1. The number of nitrogen functional groups attached to an aromatic ring is 1. The monoisotopic (exact) mass is 343 g/mol. The number of rotatable bonds is 3. The summed E-state index contributed by atoms with van der Waals surface area (Å²) in [5.74, 6) is -0.470. The van der Waals surface area contributed by atoms with Crippen LogP contribution >= 0.6 is 15.9 Å². The molecule has 1 amide bonds. The summed E-state index contributed by atoms with van der Waals surface area (Å²) in [6, 6.07) is 13.3. The molecule has 21 heavy (non-hydrogen) atoms. The molecule has 0 aliphatic carbocycles. The summed E-state index contributed by atoms with van der Waals surface area (Å²) in [6.45, 7) is 0.636. The molecule has 0 radical (unpaired) electrons. The predicted octanol–water partition coefficient (Wildman–Crippen LogP) is 3.13. The molecule has 0 aliphatic rings. The molecule has 0 bridgehead atoms. The number of amides is 1. The number of hydrogen-bond donors (Lipinski definition) is 2. The molecule has 4 nitrogen and oxygen atoms in total. The predicted molar refractivity (Wildman–Crippen MR) is 88.1 cm³/mol. The van der Waals surface area contributed by atoms with Crippen LogP contribution in [0, 0.1) is 0 Å². The van der Waals surface area contributed by atoms with Crippen LogP contribution < -0.4 is 11.5 Å². The fraction of sp³-hybridized carbons (Fsp3) is 0.0625. The van der Waals surface area contributed by atoms with E-state index in [1.807, 2.05) is 24.4 Å². The first-order valence-electron chi connectivity index (χ1n) is 6.48. The van der Waals surface area contributed by atoms with E-state index in [1.165, 1.54) is 0 Å². The molecule has 2 aromatic carbocycles. The van der Waals surface area contributed by atoms with Gasteiger partial charge in [0, 0.05) is 39.4 Å². The standard InChI is InChI=1S/C16H14BrN3O/c17-13-9-20(15-4-2-1-3-12(13)15)8-11-6-5-10(16(19)21)7-14(11)18/h1-7,9H,8,18H2,(H2,19,21). The second-order valence-electron chi connectivity index (χ2n) is 4.90. The molecule has 0 saturated carbocycles. The van der Waals surface area contributed by atoms with E-state index in [4.69, 9.17) is 11.5 Å². The zero-order valence-electron chi connectivity index (χ0n) is 11.2. The van der Waals surface area contributed by atoms with Gasteiger partial charge in [-0.3, -0.25) is 4.79 Å². The van der Waals surface area contributed by atoms with Crippen LogP contribution in [0.1, 0.15) is 15.9 Å². The second kappa shape index (κ2) is 5.26. The summed E-state index contributed by atoms with van der Waals surface area (Å²) in [4.78, 5) is 11.2. The van der Waals surface area contributed by atoms with Crippen LogP contribution in [-0.2, 0) is 6.54 Å². The number of carbonyl (C=O) groups excluding carboxylic acids is 1. The molecular weight excluding hydrogens is 330 g/mol. The van der Waals surface area contributed by atoms with Gasteiger partial charge in [0.2, 0.25) is 5.91 Å². The average molecular weight is 344 g/mol. The van der Waals surface area contributed by atoms with Gasteiger partial charge in [0.25, 0.3) is 0 Å². The Hall–Kier alpha value is -2.27. The number of para-hydroxylation sites is 1. The number of carbonyl (C=O) groups is 1. The molecule has 0 atom stereocenters. The maximum absolute atomic E-state index is 11.2. The van der Waals surface area contributed by atoms with E-state index in [-0.39, 0.29) is 0 Å². The molecule has 3 aromatic rings. The van der Waals surface area contributed by atoms with Gasteiger partial charge in [0.05, 0.1) is 0 Å². The SMILES string of the molecule is NC(=O)c1ccc(Cn2cc(Br)c3ccccc32)c(N)c1. The first-order valence-corrected chi connectivity index (χ1v) is 7.27. The lowest BCUT2D eigenvalue weighted by Gasteiger charge is -2.09. The van der Waals surface area contributed by atoms with Crippen molar-refractivity contribution in [1.29, 1.82) is 0 Å². The van der Waals surface area contributed by atoms with Crippen molar-refractivity contribution in [2.75, 3.05) is 5.73 Å². The Morgan fingerprint density at radius 2 is 1.95 bits per heavy atom. The maximum atomic E-state index is 11.2. The molecule has 4 N–H and O–H groups in total. The molecule has 0 saturated heterocycles. The Balaban J connectivity index is 2.01. The number of hydrogen-bond acceptors (Lipinski definition) is 2. The van der Waals surface area contributed by atoms with Gasteiger partial charge < -0.3 is 16.0 Å². The number of nitrogens with two attached hydrogens (primary N) is 2. The number of nitrogens with zero attached hydrogens (tertiary/aromatic N) is 1. The number of anilines is 1. The summed E-state index contributed by atoms with van der Waals surface area (Å²) in [5, 5.41) is 1.16. The van der Waals surface area contributed by atoms with Gasteiger partial charge in [0.1, 0.15) is 0 Å². The fourth-order valence-electron chi connectivity index (χ4n) is 2.41. The normalized spacial score (nSPS) is 10.9. The van der Waals surface area contributed by atoms with Crippen molar-refractivity contribution >= 4 is 38.4 Å². The minimum absolute atomic E-state index is 0.426. The highest BCUT2D eigenvalue weighted by atomic mass is 79.9. The van der Waals surface area contributed by atoms with E-state index in [2.05, 4.69) is 32.6 Å². The quantitative estimate of drug-likeness (QED) is 0.717. The summed E-state index contributed by atoms with van der Waals surface area (Å²) in [5.41, 5.74) is 14.4. The number of primary amides is 1. The van der Waals surface area contributed by atoms with Crippen molar-refractivity contribution in [3.63, 3.8) is 0 Å². The number of benzene rings is 2. The Morgan fingerprint density at radius 3 is 2.67 bits per heavy atom. The first-order chi connectivity index (χ1) is 10.1. The van der Waals surface area contributed by atoms with Gasteiger partial charge in [-0.2, -0.15) is 0 Å². The van der Waals surface area contributed by atoms with E-state index >= 15 is 0 Å². The molecule has 0 spiro atoms. The van der Waals surface area contributed by atoms with Crippen LogP contribution in [0.5, 0.6) is 0 Å². The van der Waals surface area contributed by atoms with Crippen molar-refractivity contribution in [3.05, 3.63) is 64.3 Å². The minimum atomic E-state index is -0.470. The first kappa shape index (κ1) is 13.7. The molecule has 0 fully saturated rings. The maximum Gasteiger partial charge on any atom is 0.248 e. The van der Waals surface area contributed by atoms with Crippen LogP contribution in [0.25, 0.3) is 10.9 Å². The van der Waals surface area contributed by atoms with Crippen LogP contribution in [0.2, 0.25) is 0 Å². The topological polar surface area (TPSA) is 74.0 Å². The van der Waals surface area contributed by atoms with Gasteiger partial charge in [-0.15, -0.1) is 0 Å². The van der Waals surface area contributed by atoms with E-state index in [0.717, 1.165) is 20.9 Å². The highest BCUT2D eigenvalue weighted by Gasteiger charge is 2.09. The van der Waals surface area contributed by atoms with E-state index in [1.54, 1.807) is 12.1 Å². The highest BCUT2D eigenvalue weighted by Crippen LogP contribution is 2.27. The van der Waals surface area contributed by atoms with Crippen LogP contribution in [0.15, 0.2) is 53.1 Å². The van der Waals surface area contributed by atoms with E-state index in [9.17, 15) is 4.79 Å². The molecule has 1 aromatic heterocycles. The van der Waals surface area contributed by atoms with Gasteiger partial charge in [-0.05, 0) is 39.7 Å². The third-order valence-corrected chi connectivity index (χ3v) is 4.14. The molecule has 1 heterocycles. The molecular formula is C16H14BrN3O. The van der Waals surface area contributed by atoms with Crippen LogP contribution in [-0.4, -0.2) is 10.5 Å².